The van der Waals surface area contributed by atoms with E-state index in [1.165, 1.54) is 11.9 Å². The molecule has 0 saturated heterocycles. The molecule has 5 heteroatoms. The van der Waals surface area contributed by atoms with Gasteiger partial charge in [-0.3, -0.25) is 4.79 Å². The van der Waals surface area contributed by atoms with Crippen molar-refractivity contribution in [1.29, 1.82) is 0 Å². The molecule has 0 aliphatic rings. The normalized spacial score (nSPS) is 10.3. The number of aromatic amines is 1. The maximum atomic E-state index is 11.3. The Hall–Kier alpha value is -2.30. The number of nitrogens with zero attached hydrogens (tertiary/aromatic N) is 1. The van der Waals surface area contributed by atoms with E-state index in [2.05, 4.69) is 46.5 Å². The average molecular weight is 244 g/mol. The van der Waals surface area contributed by atoms with E-state index >= 15 is 0 Å². The van der Waals surface area contributed by atoms with Crippen LogP contribution in [0.3, 0.4) is 0 Å². The van der Waals surface area contributed by atoms with Crippen LogP contribution >= 0.6 is 0 Å². The van der Waals surface area contributed by atoms with Gasteiger partial charge >= 0.3 is 0 Å². The Labute approximate surface area is 105 Å². The lowest BCUT2D eigenvalue weighted by Crippen LogP contribution is -2.16. The first-order valence-corrected chi connectivity index (χ1v) is 5.85. The Morgan fingerprint density at radius 1 is 1.28 bits per heavy atom. The Bertz CT molecular complexity index is 574. The maximum absolute atomic E-state index is 11.3. The van der Waals surface area contributed by atoms with Gasteiger partial charge < -0.3 is 16.0 Å². The second-order valence-corrected chi connectivity index (χ2v) is 4.02. The Balaban J connectivity index is 2.06. The standard InChI is InChI=1S/C13H16N4O/c1-2-9-3-5-10(6-4-9)7-15-12-11(14)13(18)17-8-16-12/h3-6,8H,2,7,14H2,1H3,(H2,15,16,17,18). The van der Waals surface area contributed by atoms with Crippen LogP contribution in [-0.4, -0.2) is 9.97 Å². The highest BCUT2D eigenvalue weighted by Crippen LogP contribution is 2.11. The summed E-state index contributed by atoms with van der Waals surface area (Å²) in [6, 6.07) is 8.28. The Kier molecular flexibility index (Phi) is 3.62. The fraction of sp³-hybridized carbons (Fsp3) is 0.231. The van der Waals surface area contributed by atoms with E-state index in [4.69, 9.17) is 5.73 Å². The maximum Gasteiger partial charge on any atom is 0.276 e. The topological polar surface area (TPSA) is 83.8 Å². The second kappa shape index (κ2) is 5.35. The third-order valence-electron chi connectivity index (χ3n) is 2.78. The highest BCUT2D eigenvalue weighted by molar-refractivity contribution is 5.58. The van der Waals surface area contributed by atoms with Gasteiger partial charge in [-0.15, -0.1) is 0 Å². The van der Waals surface area contributed by atoms with Crippen LogP contribution in [0.1, 0.15) is 18.1 Å². The fourth-order valence-corrected chi connectivity index (χ4v) is 1.63. The lowest BCUT2D eigenvalue weighted by Gasteiger charge is -2.07. The monoisotopic (exact) mass is 244 g/mol. The van der Waals surface area contributed by atoms with E-state index in [-0.39, 0.29) is 11.2 Å². The van der Waals surface area contributed by atoms with Crippen molar-refractivity contribution in [2.75, 3.05) is 11.1 Å². The first-order valence-electron chi connectivity index (χ1n) is 5.85. The van der Waals surface area contributed by atoms with Crippen molar-refractivity contribution in [3.8, 4) is 0 Å². The molecule has 0 fully saturated rings. The van der Waals surface area contributed by atoms with E-state index in [0.717, 1.165) is 12.0 Å². The number of H-pyrrole nitrogens is 1. The van der Waals surface area contributed by atoms with Crippen LogP contribution in [0.5, 0.6) is 0 Å². The van der Waals surface area contributed by atoms with Crippen LogP contribution in [-0.2, 0) is 13.0 Å². The summed E-state index contributed by atoms with van der Waals surface area (Å²) in [5.74, 6) is 0.415. The van der Waals surface area contributed by atoms with Gasteiger partial charge in [-0.05, 0) is 17.5 Å². The molecular weight excluding hydrogens is 228 g/mol. The van der Waals surface area contributed by atoms with E-state index in [1.54, 1.807) is 0 Å². The van der Waals surface area contributed by atoms with Crippen molar-refractivity contribution < 1.29 is 0 Å². The number of aryl methyl sites for hydroxylation is 1. The van der Waals surface area contributed by atoms with Crippen molar-refractivity contribution in [3.05, 3.63) is 52.1 Å². The minimum atomic E-state index is -0.325. The summed E-state index contributed by atoms with van der Waals surface area (Å²) in [7, 11) is 0. The largest absolute Gasteiger partial charge is 0.391 e. The summed E-state index contributed by atoms with van der Waals surface area (Å²) in [4.78, 5) is 17.7. The van der Waals surface area contributed by atoms with Crippen LogP contribution in [0.15, 0.2) is 35.4 Å². The number of nitrogens with two attached hydrogens (primary N) is 1. The number of hydrogen-bond donors (Lipinski definition) is 3. The molecule has 4 N–H and O–H groups in total. The smallest absolute Gasteiger partial charge is 0.276 e. The molecule has 0 amide bonds. The van der Waals surface area contributed by atoms with E-state index in [9.17, 15) is 4.79 Å². The number of anilines is 2. The zero-order valence-corrected chi connectivity index (χ0v) is 10.2. The molecule has 1 heterocycles. The number of benzene rings is 1. The van der Waals surface area contributed by atoms with E-state index < -0.39 is 0 Å². The van der Waals surface area contributed by atoms with Gasteiger partial charge in [0.25, 0.3) is 5.56 Å². The Morgan fingerprint density at radius 3 is 2.61 bits per heavy atom. The Morgan fingerprint density at radius 2 is 1.94 bits per heavy atom. The van der Waals surface area contributed by atoms with Crippen molar-refractivity contribution in [2.45, 2.75) is 19.9 Å². The highest BCUT2D eigenvalue weighted by Gasteiger charge is 2.03. The molecule has 0 bridgehead atoms. The van der Waals surface area contributed by atoms with E-state index in [1.807, 2.05) is 0 Å². The van der Waals surface area contributed by atoms with Gasteiger partial charge in [0.2, 0.25) is 0 Å². The van der Waals surface area contributed by atoms with Crippen LogP contribution in [0.2, 0.25) is 0 Å². The minimum absolute atomic E-state index is 0.114. The van der Waals surface area contributed by atoms with Gasteiger partial charge in [0.15, 0.2) is 5.82 Å². The zero-order chi connectivity index (χ0) is 13.0. The first-order chi connectivity index (χ1) is 8.70. The predicted molar refractivity (Wildman–Crippen MR) is 72.4 cm³/mol. The number of aromatic nitrogens is 2. The molecule has 0 aliphatic carbocycles. The lowest BCUT2D eigenvalue weighted by molar-refractivity contribution is 1.06. The summed E-state index contributed by atoms with van der Waals surface area (Å²) in [6.45, 7) is 2.71. The quantitative estimate of drug-likeness (QED) is 0.761. The third-order valence-corrected chi connectivity index (χ3v) is 2.78. The molecule has 0 aliphatic heterocycles. The number of nitrogen functional groups attached to an aromatic ring is 1. The van der Waals surface area contributed by atoms with Crippen molar-refractivity contribution >= 4 is 11.5 Å². The van der Waals surface area contributed by atoms with Gasteiger partial charge in [-0.25, -0.2) is 4.98 Å². The summed E-state index contributed by atoms with van der Waals surface area (Å²) in [5.41, 5.74) is 7.83. The third kappa shape index (κ3) is 2.68. The molecule has 94 valence electrons. The molecular formula is C13H16N4O. The van der Waals surface area contributed by atoms with Crippen molar-refractivity contribution in [2.24, 2.45) is 0 Å². The van der Waals surface area contributed by atoms with Gasteiger partial charge in [-0.2, -0.15) is 0 Å². The molecule has 0 atom stereocenters. The highest BCUT2D eigenvalue weighted by atomic mass is 16.1. The van der Waals surface area contributed by atoms with Crippen LogP contribution in [0, 0.1) is 0 Å². The average Bonchev–Trinajstić information content (AvgIpc) is 2.41. The minimum Gasteiger partial charge on any atom is -0.391 e. The first kappa shape index (κ1) is 12.2. The number of rotatable bonds is 4. The van der Waals surface area contributed by atoms with Crippen LogP contribution in [0.25, 0.3) is 0 Å². The van der Waals surface area contributed by atoms with Gasteiger partial charge in [-0.1, -0.05) is 31.2 Å². The molecule has 0 saturated carbocycles. The van der Waals surface area contributed by atoms with Crippen LogP contribution in [0.4, 0.5) is 11.5 Å². The molecule has 2 aromatic rings. The SMILES string of the molecule is CCc1ccc(CNc2nc[nH]c(=O)c2N)cc1. The lowest BCUT2D eigenvalue weighted by atomic mass is 10.1. The van der Waals surface area contributed by atoms with Gasteiger partial charge in [0, 0.05) is 6.54 Å². The zero-order valence-electron chi connectivity index (χ0n) is 10.2. The molecule has 18 heavy (non-hydrogen) atoms. The van der Waals surface area contributed by atoms with Gasteiger partial charge in [0.1, 0.15) is 5.69 Å². The number of hydrogen-bond acceptors (Lipinski definition) is 4. The van der Waals surface area contributed by atoms with Crippen LogP contribution < -0.4 is 16.6 Å². The second-order valence-electron chi connectivity index (χ2n) is 4.02. The molecule has 0 spiro atoms. The summed E-state index contributed by atoms with van der Waals surface area (Å²) < 4.78 is 0. The van der Waals surface area contributed by atoms with E-state index in [0.29, 0.717) is 12.4 Å². The molecule has 5 nitrogen and oxygen atoms in total. The number of nitrogens with one attached hydrogen (secondary N) is 2. The molecule has 1 aromatic heterocycles. The molecule has 0 unspecified atom stereocenters. The summed E-state index contributed by atoms with van der Waals surface area (Å²) in [5, 5.41) is 3.05. The summed E-state index contributed by atoms with van der Waals surface area (Å²) in [6.07, 6.45) is 2.36. The summed E-state index contributed by atoms with van der Waals surface area (Å²) >= 11 is 0. The fourth-order valence-electron chi connectivity index (χ4n) is 1.63. The van der Waals surface area contributed by atoms with Crippen molar-refractivity contribution in [3.63, 3.8) is 0 Å². The van der Waals surface area contributed by atoms with Crippen molar-refractivity contribution in [1.82, 2.24) is 9.97 Å². The molecule has 2 rings (SSSR count). The predicted octanol–water partition coefficient (Wildman–Crippen LogP) is 1.53. The molecule has 0 radical (unpaired) electrons. The molecule has 1 aromatic carbocycles. The van der Waals surface area contributed by atoms with Gasteiger partial charge in [0.05, 0.1) is 6.33 Å².